The Morgan fingerprint density at radius 3 is 2.64 bits per heavy atom. The third-order valence-corrected chi connectivity index (χ3v) is 5.54. The van der Waals surface area contributed by atoms with E-state index in [-0.39, 0.29) is 29.3 Å². The van der Waals surface area contributed by atoms with Gasteiger partial charge >= 0.3 is 0 Å². The fraction of sp³-hybridized carbons (Fsp3) is 0.400. The number of ether oxygens (including phenoxy) is 1. The molecule has 1 fully saturated rings. The van der Waals surface area contributed by atoms with Gasteiger partial charge in [0, 0.05) is 19.6 Å². The maximum atomic E-state index is 12.9. The molecule has 8 heteroatoms. The van der Waals surface area contributed by atoms with E-state index in [2.05, 4.69) is 11.6 Å². The van der Waals surface area contributed by atoms with E-state index in [0.29, 0.717) is 32.7 Å². The molecule has 0 radical (unpaired) electrons. The summed E-state index contributed by atoms with van der Waals surface area (Å²) in [5.41, 5.74) is 0.904. The molecule has 1 atom stereocenters. The normalized spacial score (nSPS) is 20.1. The van der Waals surface area contributed by atoms with Crippen molar-refractivity contribution in [1.82, 2.24) is 9.80 Å². The fourth-order valence-corrected chi connectivity index (χ4v) is 3.99. The van der Waals surface area contributed by atoms with E-state index in [1.165, 1.54) is 4.90 Å². The highest BCUT2D eigenvalue weighted by atomic mass is 32.2. The standard InChI is InChI=1S/C20H23N3O4S/c1-2-8-23-19(26)16(13-15-6-4-3-5-7-15)18(25)21-20(23)28-14-17(24)22-9-11-27-12-10-22/h2-7,16H,1,8-14H2. The smallest absolute Gasteiger partial charge is 0.261 e. The minimum absolute atomic E-state index is 0.0548. The Labute approximate surface area is 168 Å². The van der Waals surface area contributed by atoms with E-state index in [1.807, 2.05) is 30.3 Å². The lowest BCUT2D eigenvalue weighted by molar-refractivity contribution is -0.139. The fourth-order valence-electron chi connectivity index (χ4n) is 3.08. The molecule has 3 amide bonds. The Hall–Kier alpha value is -2.45. The Balaban J connectivity index is 1.70. The van der Waals surface area contributed by atoms with E-state index in [4.69, 9.17) is 4.74 Å². The summed E-state index contributed by atoms with van der Waals surface area (Å²) in [4.78, 5) is 45.1. The number of carbonyl (C=O) groups is 3. The monoisotopic (exact) mass is 401 g/mol. The van der Waals surface area contributed by atoms with Crippen LogP contribution in [0.3, 0.4) is 0 Å². The Morgan fingerprint density at radius 1 is 1.25 bits per heavy atom. The number of hydrogen-bond acceptors (Lipinski definition) is 5. The van der Waals surface area contributed by atoms with Crippen molar-refractivity contribution in [2.24, 2.45) is 10.9 Å². The lowest BCUT2D eigenvalue weighted by atomic mass is 9.96. The van der Waals surface area contributed by atoms with Crippen LogP contribution in [-0.4, -0.2) is 71.3 Å². The van der Waals surface area contributed by atoms with Gasteiger partial charge in [-0.25, -0.2) is 0 Å². The number of thioether (sulfide) groups is 1. The average Bonchev–Trinajstić information content (AvgIpc) is 2.73. The molecule has 1 aromatic carbocycles. The van der Waals surface area contributed by atoms with Gasteiger partial charge in [-0.3, -0.25) is 19.3 Å². The van der Waals surface area contributed by atoms with Gasteiger partial charge in [-0.15, -0.1) is 6.58 Å². The number of rotatable bonds is 6. The second-order valence-electron chi connectivity index (χ2n) is 6.49. The molecule has 1 aromatic rings. The molecule has 7 nitrogen and oxygen atoms in total. The number of nitrogens with zero attached hydrogens (tertiary/aromatic N) is 3. The highest BCUT2D eigenvalue weighted by Gasteiger charge is 2.37. The van der Waals surface area contributed by atoms with Crippen LogP contribution in [0.15, 0.2) is 48.0 Å². The molecular weight excluding hydrogens is 378 g/mol. The van der Waals surface area contributed by atoms with Crippen LogP contribution in [0.2, 0.25) is 0 Å². The molecule has 0 N–H and O–H groups in total. The second kappa shape index (κ2) is 9.66. The number of morpholine rings is 1. The molecular formula is C20H23N3O4S. The van der Waals surface area contributed by atoms with Gasteiger partial charge in [-0.05, 0) is 12.0 Å². The molecule has 0 aromatic heterocycles. The van der Waals surface area contributed by atoms with Crippen LogP contribution in [0.4, 0.5) is 0 Å². The summed E-state index contributed by atoms with van der Waals surface area (Å²) in [7, 11) is 0. The zero-order chi connectivity index (χ0) is 19.9. The van der Waals surface area contributed by atoms with Crippen molar-refractivity contribution < 1.29 is 19.1 Å². The van der Waals surface area contributed by atoms with Crippen molar-refractivity contribution in [3.63, 3.8) is 0 Å². The van der Waals surface area contributed by atoms with Crippen LogP contribution in [-0.2, 0) is 25.5 Å². The largest absolute Gasteiger partial charge is 0.378 e. The number of aliphatic imine (C=N–C) groups is 1. The number of amides is 3. The van der Waals surface area contributed by atoms with E-state index < -0.39 is 11.8 Å². The van der Waals surface area contributed by atoms with Crippen molar-refractivity contribution in [3.05, 3.63) is 48.6 Å². The molecule has 1 unspecified atom stereocenters. The van der Waals surface area contributed by atoms with Gasteiger partial charge in [0.25, 0.3) is 5.91 Å². The van der Waals surface area contributed by atoms with Gasteiger partial charge in [0.05, 0.1) is 19.0 Å². The molecule has 2 aliphatic heterocycles. The Bertz CT molecular complexity index is 775. The summed E-state index contributed by atoms with van der Waals surface area (Å²) in [6, 6.07) is 9.39. The summed E-state index contributed by atoms with van der Waals surface area (Å²) in [5.74, 6) is -1.54. The lowest BCUT2D eigenvalue weighted by Gasteiger charge is -2.30. The van der Waals surface area contributed by atoms with Crippen LogP contribution in [0.5, 0.6) is 0 Å². The van der Waals surface area contributed by atoms with Crippen molar-refractivity contribution in [2.45, 2.75) is 6.42 Å². The summed E-state index contributed by atoms with van der Waals surface area (Å²) >= 11 is 1.12. The van der Waals surface area contributed by atoms with Crippen molar-refractivity contribution in [3.8, 4) is 0 Å². The van der Waals surface area contributed by atoms with Crippen molar-refractivity contribution in [2.75, 3.05) is 38.6 Å². The number of hydrogen-bond donors (Lipinski definition) is 0. The minimum Gasteiger partial charge on any atom is -0.378 e. The molecule has 0 bridgehead atoms. The van der Waals surface area contributed by atoms with Crippen LogP contribution in [0.1, 0.15) is 5.56 Å². The molecule has 148 valence electrons. The maximum Gasteiger partial charge on any atom is 0.261 e. The zero-order valence-electron chi connectivity index (χ0n) is 15.6. The zero-order valence-corrected chi connectivity index (χ0v) is 16.4. The van der Waals surface area contributed by atoms with Gasteiger partial charge in [0.2, 0.25) is 11.8 Å². The third-order valence-electron chi connectivity index (χ3n) is 4.58. The predicted octanol–water partition coefficient (Wildman–Crippen LogP) is 1.35. The SMILES string of the molecule is C=CCN1C(=O)C(Cc2ccccc2)C(=O)N=C1SCC(=O)N1CCOCC1. The number of carbonyl (C=O) groups excluding carboxylic acids is 3. The highest BCUT2D eigenvalue weighted by Crippen LogP contribution is 2.23. The first kappa shape index (κ1) is 20.3. The van der Waals surface area contributed by atoms with Gasteiger partial charge in [-0.1, -0.05) is 48.2 Å². The van der Waals surface area contributed by atoms with E-state index in [1.54, 1.807) is 11.0 Å². The van der Waals surface area contributed by atoms with E-state index in [9.17, 15) is 14.4 Å². The Morgan fingerprint density at radius 2 is 1.96 bits per heavy atom. The first-order chi connectivity index (χ1) is 13.6. The second-order valence-corrected chi connectivity index (χ2v) is 7.44. The van der Waals surface area contributed by atoms with Crippen LogP contribution >= 0.6 is 11.8 Å². The van der Waals surface area contributed by atoms with Gasteiger partial charge < -0.3 is 9.64 Å². The van der Waals surface area contributed by atoms with Crippen LogP contribution in [0, 0.1) is 5.92 Å². The summed E-state index contributed by atoms with van der Waals surface area (Å²) in [6.07, 6.45) is 1.90. The quantitative estimate of drug-likeness (QED) is 0.531. The molecule has 0 aliphatic carbocycles. The molecule has 28 heavy (non-hydrogen) atoms. The lowest BCUT2D eigenvalue weighted by Crippen LogP contribution is -2.48. The molecule has 3 rings (SSSR count). The topological polar surface area (TPSA) is 79.3 Å². The molecule has 2 heterocycles. The average molecular weight is 401 g/mol. The number of amidine groups is 1. The minimum atomic E-state index is -0.846. The van der Waals surface area contributed by atoms with Crippen LogP contribution in [0.25, 0.3) is 0 Å². The van der Waals surface area contributed by atoms with E-state index in [0.717, 1.165) is 17.3 Å². The highest BCUT2D eigenvalue weighted by molar-refractivity contribution is 8.14. The molecule has 0 spiro atoms. The Kier molecular flexibility index (Phi) is 7.00. The summed E-state index contributed by atoms with van der Waals surface area (Å²) < 4.78 is 5.25. The third kappa shape index (κ3) is 4.88. The summed E-state index contributed by atoms with van der Waals surface area (Å²) in [5, 5.41) is 0.265. The van der Waals surface area contributed by atoms with Gasteiger partial charge in [0.15, 0.2) is 5.17 Å². The predicted molar refractivity (Wildman–Crippen MR) is 108 cm³/mol. The van der Waals surface area contributed by atoms with Gasteiger partial charge in [0.1, 0.15) is 5.92 Å². The first-order valence-corrected chi connectivity index (χ1v) is 10.2. The maximum absolute atomic E-state index is 12.9. The molecule has 2 aliphatic rings. The van der Waals surface area contributed by atoms with Gasteiger partial charge in [-0.2, -0.15) is 4.99 Å². The first-order valence-electron chi connectivity index (χ1n) is 9.17. The van der Waals surface area contributed by atoms with E-state index >= 15 is 0 Å². The molecule has 1 saturated heterocycles. The van der Waals surface area contributed by atoms with Crippen molar-refractivity contribution >= 4 is 34.7 Å². The van der Waals surface area contributed by atoms with Crippen LogP contribution < -0.4 is 0 Å². The number of benzene rings is 1. The summed E-state index contributed by atoms with van der Waals surface area (Å²) in [6.45, 7) is 6.09. The molecule has 0 saturated carbocycles. The van der Waals surface area contributed by atoms with Crippen molar-refractivity contribution in [1.29, 1.82) is 0 Å².